The van der Waals surface area contributed by atoms with Crippen LogP contribution in [0.15, 0.2) is 29.2 Å². The minimum Gasteiger partial charge on any atom is -0.744 e. The third-order valence-corrected chi connectivity index (χ3v) is 2.67. The quantitative estimate of drug-likeness (QED) is 0.574. The van der Waals surface area contributed by atoms with Crippen LogP contribution in [0.5, 0.6) is 0 Å². The molecule has 0 aliphatic heterocycles. The molecule has 0 saturated carbocycles. The van der Waals surface area contributed by atoms with Crippen LogP contribution in [-0.4, -0.2) is 13.0 Å². The average molecular weight is 283 g/mol. The van der Waals surface area contributed by atoms with Crippen molar-refractivity contribution in [1.29, 1.82) is 0 Å². The van der Waals surface area contributed by atoms with Gasteiger partial charge in [-0.15, -0.1) is 0 Å². The minimum absolute atomic E-state index is 0.182. The Morgan fingerprint density at radius 2 is 1.64 bits per heavy atom. The molecule has 0 spiro atoms. The van der Waals surface area contributed by atoms with Gasteiger partial charge < -0.3 is 4.55 Å². The average Bonchev–Trinajstić information content (AvgIpc) is 1.86. The van der Waals surface area contributed by atoms with Crippen molar-refractivity contribution < 1.29 is 13.0 Å². The molecule has 5 heteroatoms. The fourth-order valence-electron chi connectivity index (χ4n) is 0.601. The molecule has 60 valence electrons. The molecule has 1 aromatic carbocycles. The lowest BCUT2D eigenvalue weighted by molar-refractivity contribution is 0.463. The van der Waals surface area contributed by atoms with Gasteiger partial charge in [-0.3, -0.25) is 0 Å². The summed E-state index contributed by atoms with van der Waals surface area (Å²) in [6, 6.07) is 5.74. The van der Waals surface area contributed by atoms with Crippen molar-refractivity contribution in [3.63, 3.8) is 0 Å². The second kappa shape index (κ2) is 3.08. The molecule has 0 fully saturated rings. The molecule has 11 heavy (non-hydrogen) atoms. The van der Waals surface area contributed by atoms with Crippen LogP contribution in [0, 0.1) is 3.57 Å². The maximum absolute atomic E-state index is 10.4. The molecule has 0 radical (unpaired) electrons. The van der Waals surface area contributed by atoms with Crippen molar-refractivity contribution in [2.24, 2.45) is 0 Å². The SMILES string of the molecule is O=S(=O)([O-])c1ccc(I)cc1. The van der Waals surface area contributed by atoms with Gasteiger partial charge in [0.1, 0.15) is 10.1 Å². The third kappa shape index (κ3) is 2.42. The molecule has 0 amide bonds. The highest BCUT2D eigenvalue weighted by Crippen LogP contribution is 2.10. The van der Waals surface area contributed by atoms with Gasteiger partial charge in [0.05, 0.1) is 4.90 Å². The summed E-state index contributed by atoms with van der Waals surface area (Å²) < 4.78 is 32.1. The zero-order valence-electron chi connectivity index (χ0n) is 5.32. The number of benzene rings is 1. The number of halogens is 1. The molecule has 0 N–H and O–H groups in total. The van der Waals surface area contributed by atoms with E-state index in [9.17, 15) is 13.0 Å². The Bertz CT molecular complexity index is 341. The summed E-state index contributed by atoms with van der Waals surface area (Å²) in [6.45, 7) is 0. The van der Waals surface area contributed by atoms with E-state index in [1.807, 2.05) is 22.6 Å². The summed E-state index contributed by atoms with van der Waals surface area (Å²) >= 11 is 2.03. The fourth-order valence-corrected chi connectivity index (χ4v) is 1.43. The number of rotatable bonds is 1. The van der Waals surface area contributed by atoms with Crippen molar-refractivity contribution >= 4 is 32.7 Å². The lowest BCUT2D eigenvalue weighted by Gasteiger charge is -2.05. The van der Waals surface area contributed by atoms with E-state index >= 15 is 0 Å². The van der Waals surface area contributed by atoms with Gasteiger partial charge in [-0.2, -0.15) is 0 Å². The molecular weight excluding hydrogens is 279 g/mol. The lowest BCUT2D eigenvalue weighted by atomic mass is 10.4. The topological polar surface area (TPSA) is 57.2 Å². The Morgan fingerprint density at radius 1 is 1.18 bits per heavy atom. The van der Waals surface area contributed by atoms with E-state index < -0.39 is 10.1 Å². The largest absolute Gasteiger partial charge is 0.744 e. The van der Waals surface area contributed by atoms with Gasteiger partial charge in [0.15, 0.2) is 0 Å². The Kier molecular flexibility index (Phi) is 2.50. The second-order valence-corrected chi connectivity index (χ2v) is 4.53. The summed E-state index contributed by atoms with van der Waals surface area (Å²) in [6.07, 6.45) is 0. The summed E-state index contributed by atoms with van der Waals surface area (Å²) in [5.41, 5.74) is 0. The summed E-state index contributed by atoms with van der Waals surface area (Å²) in [5.74, 6) is 0. The molecule has 0 aliphatic carbocycles. The van der Waals surface area contributed by atoms with Crippen molar-refractivity contribution in [3.05, 3.63) is 27.8 Å². The Balaban J connectivity index is 3.20. The van der Waals surface area contributed by atoms with Gasteiger partial charge in [-0.25, -0.2) is 8.42 Å². The van der Waals surface area contributed by atoms with Crippen LogP contribution >= 0.6 is 22.6 Å². The van der Waals surface area contributed by atoms with Crippen LogP contribution in [-0.2, 0) is 10.1 Å². The van der Waals surface area contributed by atoms with E-state index in [-0.39, 0.29) is 4.90 Å². The predicted molar refractivity (Wildman–Crippen MR) is 47.1 cm³/mol. The molecule has 0 saturated heterocycles. The molecule has 0 heterocycles. The molecule has 0 unspecified atom stereocenters. The number of hydrogen-bond acceptors (Lipinski definition) is 3. The predicted octanol–water partition coefficient (Wildman–Crippen LogP) is 1.20. The van der Waals surface area contributed by atoms with Gasteiger partial charge in [0.2, 0.25) is 0 Å². The van der Waals surface area contributed by atoms with Crippen LogP contribution in [0.2, 0.25) is 0 Å². The maximum Gasteiger partial charge on any atom is 0.124 e. The molecule has 0 aromatic heterocycles. The van der Waals surface area contributed by atoms with Crippen molar-refractivity contribution in [3.8, 4) is 0 Å². The van der Waals surface area contributed by atoms with Gasteiger partial charge in [0.25, 0.3) is 0 Å². The zero-order valence-corrected chi connectivity index (χ0v) is 8.29. The van der Waals surface area contributed by atoms with Crippen LogP contribution in [0.4, 0.5) is 0 Å². The highest BCUT2D eigenvalue weighted by molar-refractivity contribution is 14.1. The second-order valence-electron chi connectivity index (χ2n) is 1.91. The molecule has 0 atom stereocenters. The minimum atomic E-state index is -4.27. The van der Waals surface area contributed by atoms with Crippen molar-refractivity contribution in [2.75, 3.05) is 0 Å². The monoisotopic (exact) mass is 283 g/mol. The van der Waals surface area contributed by atoms with E-state index in [1.165, 1.54) is 12.1 Å². The molecule has 0 aliphatic rings. The molecule has 3 nitrogen and oxygen atoms in total. The standard InChI is InChI=1S/C6H5IO3S/c7-5-1-3-6(4-2-5)11(8,9)10/h1-4H,(H,8,9,10)/p-1. The zero-order chi connectivity index (χ0) is 8.48. The Hall–Kier alpha value is -0.140. The Labute approximate surface area is 78.3 Å². The third-order valence-electron chi connectivity index (χ3n) is 1.10. The van der Waals surface area contributed by atoms with E-state index in [0.29, 0.717) is 0 Å². The van der Waals surface area contributed by atoms with Crippen LogP contribution in [0.3, 0.4) is 0 Å². The first-order valence-corrected chi connectivity index (χ1v) is 5.20. The van der Waals surface area contributed by atoms with Crippen LogP contribution in [0.1, 0.15) is 0 Å². The highest BCUT2D eigenvalue weighted by atomic mass is 127. The maximum atomic E-state index is 10.4. The molecular formula is C6H4IO3S-. The Morgan fingerprint density at radius 3 is 2.00 bits per heavy atom. The van der Waals surface area contributed by atoms with E-state index in [1.54, 1.807) is 12.1 Å². The van der Waals surface area contributed by atoms with Gasteiger partial charge >= 0.3 is 0 Å². The van der Waals surface area contributed by atoms with Crippen LogP contribution < -0.4 is 0 Å². The van der Waals surface area contributed by atoms with E-state index in [2.05, 4.69) is 0 Å². The van der Waals surface area contributed by atoms with Gasteiger partial charge in [-0.05, 0) is 46.9 Å². The first-order valence-electron chi connectivity index (χ1n) is 2.71. The molecule has 0 bridgehead atoms. The van der Waals surface area contributed by atoms with Crippen molar-refractivity contribution in [1.82, 2.24) is 0 Å². The summed E-state index contributed by atoms with van der Waals surface area (Å²) in [4.78, 5) is -0.182. The first kappa shape index (κ1) is 8.95. The van der Waals surface area contributed by atoms with Gasteiger partial charge in [0, 0.05) is 3.57 Å². The summed E-state index contributed by atoms with van der Waals surface area (Å²) in [7, 11) is -4.27. The molecule has 1 rings (SSSR count). The normalized spacial score (nSPS) is 11.5. The van der Waals surface area contributed by atoms with Crippen LogP contribution in [0.25, 0.3) is 0 Å². The molecule has 1 aromatic rings. The number of hydrogen-bond donors (Lipinski definition) is 0. The first-order chi connectivity index (χ1) is 5.00. The van der Waals surface area contributed by atoms with E-state index in [0.717, 1.165) is 3.57 Å². The summed E-state index contributed by atoms with van der Waals surface area (Å²) in [5, 5.41) is 0. The van der Waals surface area contributed by atoms with Crippen molar-refractivity contribution in [2.45, 2.75) is 4.90 Å². The smallest absolute Gasteiger partial charge is 0.124 e. The van der Waals surface area contributed by atoms with E-state index in [4.69, 9.17) is 0 Å². The highest BCUT2D eigenvalue weighted by Gasteiger charge is 1.98. The fraction of sp³-hybridized carbons (Fsp3) is 0. The lowest BCUT2D eigenvalue weighted by Crippen LogP contribution is -1.97. The van der Waals surface area contributed by atoms with Gasteiger partial charge in [-0.1, -0.05) is 0 Å².